The summed E-state index contributed by atoms with van der Waals surface area (Å²) in [6, 6.07) is 3.24. The molecule has 63 heavy (non-hydrogen) atoms. The molecular weight excluding hydrogens is 847 g/mol. The van der Waals surface area contributed by atoms with E-state index in [2.05, 4.69) is 20.7 Å². The summed E-state index contributed by atoms with van der Waals surface area (Å²) in [5, 5.41) is 8.51. The van der Waals surface area contributed by atoms with Crippen molar-refractivity contribution in [3.63, 3.8) is 0 Å². The molecule has 3 aromatic rings. The summed E-state index contributed by atoms with van der Waals surface area (Å²) >= 11 is 1.51. The van der Waals surface area contributed by atoms with Gasteiger partial charge in [-0.2, -0.15) is 0 Å². The molecule has 18 heteroatoms. The second-order valence-corrected chi connectivity index (χ2v) is 20.8. The van der Waals surface area contributed by atoms with Gasteiger partial charge >= 0.3 is 11.8 Å². The number of allylic oxidation sites excluding steroid dienone is 1. The molecule has 3 N–H and O–H groups in total. The highest BCUT2D eigenvalue weighted by molar-refractivity contribution is 7.91. The standard InChI is InChI=1S/C45H55N7O9S2/c1-26-36(60-2)18-17-31-37(22-33(46-38(26)31)41-48-34(25-62-41)27-13-14-27)61-29-21-35-39(53)49-45(44(57)50-63(58,59)30-15-16-30)23-28(45)11-7-4-3-5-8-12-32(42(55)52(35)24-29)47-40(54)43(56)51-19-9-6-10-20-51/h7,11,17-18,22,25,27-30,32,35H,3-6,8-10,12-16,19-21,23-24H2,1-2H3,(H,47,54)(H,49,53)(H,50,57)/b11-7-/t28-,29-,32+,35+,45-/m1/s1. The molecule has 2 saturated heterocycles. The topological polar surface area (TPSA) is 206 Å². The van der Waals surface area contributed by atoms with Crippen LogP contribution in [0.2, 0.25) is 0 Å². The molecule has 0 unspecified atom stereocenters. The molecule has 5 atom stereocenters. The first-order valence-corrected chi connectivity index (χ1v) is 24.8. The number of nitrogens with one attached hydrogen (secondary N) is 3. The van der Waals surface area contributed by atoms with E-state index in [1.54, 1.807) is 7.11 Å². The Balaban J connectivity index is 1.05. The number of aryl methyl sites for hydroxylation is 1. The van der Waals surface area contributed by atoms with Gasteiger partial charge in [-0.05, 0) is 89.7 Å². The minimum atomic E-state index is -3.93. The summed E-state index contributed by atoms with van der Waals surface area (Å²) in [5.41, 5.74) is 1.55. The highest BCUT2D eigenvalue weighted by Gasteiger charge is 2.62. The van der Waals surface area contributed by atoms with E-state index in [-0.39, 0.29) is 25.8 Å². The third kappa shape index (κ3) is 9.02. The number of ether oxygens (including phenoxy) is 2. The molecule has 5 amide bonds. The summed E-state index contributed by atoms with van der Waals surface area (Å²) in [5.74, 6) is -2.45. The monoisotopic (exact) mass is 901 g/mol. The van der Waals surface area contributed by atoms with E-state index < -0.39 is 74.5 Å². The zero-order valence-electron chi connectivity index (χ0n) is 35.7. The fraction of sp³-hybridized carbons (Fsp3) is 0.578. The number of sulfonamides is 1. The summed E-state index contributed by atoms with van der Waals surface area (Å²) in [4.78, 5) is 83.3. The van der Waals surface area contributed by atoms with Crippen LogP contribution < -0.4 is 24.8 Å². The Morgan fingerprint density at radius 1 is 0.968 bits per heavy atom. The van der Waals surface area contributed by atoms with Gasteiger partial charge in [0, 0.05) is 53.7 Å². The van der Waals surface area contributed by atoms with E-state index in [0.29, 0.717) is 72.8 Å². The Labute approximate surface area is 371 Å². The van der Waals surface area contributed by atoms with E-state index >= 15 is 0 Å². The van der Waals surface area contributed by atoms with Gasteiger partial charge in [-0.1, -0.05) is 25.0 Å². The predicted octanol–water partition coefficient (Wildman–Crippen LogP) is 4.40. The molecule has 336 valence electrons. The van der Waals surface area contributed by atoms with Crippen molar-refractivity contribution in [2.75, 3.05) is 26.7 Å². The first kappa shape index (κ1) is 43.2. The summed E-state index contributed by atoms with van der Waals surface area (Å²) in [6.45, 7) is 2.79. The van der Waals surface area contributed by atoms with Crippen molar-refractivity contribution in [2.45, 2.75) is 132 Å². The van der Waals surface area contributed by atoms with Gasteiger partial charge in [0.05, 0.1) is 30.1 Å². The Hall–Kier alpha value is -5.10. The van der Waals surface area contributed by atoms with Gasteiger partial charge < -0.3 is 29.9 Å². The SMILES string of the molecule is COc1ccc2c(O[C@@H]3C[C@H]4C(=O)N[C@]5(C(=O)NS(=O)(=O)C6CC6)C[C@H]5/C=C\CCCCC[C@H](NC(=O)C(=O)N5CCCCC5)C(=O)N4C3)cc(-c3nc(C4CC4)cs3)nc2c1C. The quantitative estimate of drug-likeness (QED) is 0.203. The minimum Gasteiger partial charge on any atom is -0.496 e. The normalized spacial score (nSPS) is 27.3. The van der Waals surface area contributed by atoms with Crippen molar-refractivity contribution >= 4 is 61.8 Å². The second-order valence-electron chi connectivity index (χ2n) is 18.0. The van der Waals surface area contributed by atoms with Crippen LogP contribution in [-0.2, 0) is 34.0 Å². The molecular formula is C45H55N7O9S2. The van der Waals surface area contributed by atoms with E-state index in [9.17, 15) is 32.4 Å². The average Bonchev–Trinajstić information content (AvgIpc) is 4.23. The number of hydrogen-bond donors (Lipinski definition) is 3. The number of aromatic nitrogens is 2. The van der Waals surface area contributed by atoms with Crippen molar-refractivity contribution in [2.24, 2.45) is 5.92 Å². The lowest BCUT2D eigenvalue weighted by atomic mass is 10.0. The van der Waals surface area contributed by atoms with Crippen molar-refractivity contribution in [1.29, 1.82) is 0 Å². The van der Waals surface area contributed by atoms with Gasteiger partial charge in [-0.25, -0.2) is 18.4 Å². The number of amides is 5. The van der Waals surface area contributed by atoms with Gasteiger partial charge in [0.25, 0.3) is 5.91 Å². The fourth-order valence-corrected chi connectivity index (χ4v) is 11.5. The number of carbonyl (C=O) groups excluding carboxylic acids is 5. The lowest BCUT2D eigenvalue weighted by Gasteiger charge is -2.30. The van der Waals surface area contributed by atoms with Crippen molar-refractivity contribution < 1.29 is 41.9 Å². The molecule has 3 aliphatic carbocycles. The number of likely N-dealkylation sites (tertiary alicyclic amines) is 1. The van der Waals surface area contributed by atoms with Crippen LogP contribution in [0.25, 0.3) is 21.6 Å². The molecule has 5 heterocycles. The molecule has 0 bridgehead atoms. The average molecular weight is 902 g/mol. The van der Waals surface area contributed by atoms with E-state index in [1.807, 2.05) is 37.3 Å². The third-order valence-corrected chi connectivity index (χ3v) is 16.1. The largest absolute Gasteiger partial charge is 0.496 e. The molecule has 9 rings (SSSR count). The lowest BCUT2D eigenvalue weighted by Crippen LogP contribution is -2.59. The van der Waals surface area contributed by atoms with E-state index in [1.165, 1.54) is 21.1 Å². The first-order chi connectivity index (χ1) is 30.3. The van der Waals surface area contributed by atoms with Gasteiger partial charge in [-0.3, -0.25) is 28.7 Å². The number of benzene rings is 1. The van der Waals surface area contributed by atoms with E-state index in [0.717, 1.165) is 61.2 Å². The summed E-state index contributed by atoms with van der Waals surface area (Å²) in [7, 11) is -2.33. The first-order valence-electron chi connectivity index (χ1n) is 22.4. The number of nitrogens with zero attached hydrogens (tertiary/aromatic N) is 4. The van der Waals surface area contributed by atoms with Crippen LogP contribution in [0.4, 0.5) is 0 Å². The van der Waals surface area contributed by atoms with Crippen LogP contribution in [0.1, 0.15) is 107 Å². The Morgan fingerprint density at radius 3 is 2.49 bits per heavy atom. The smallest absolute Gasteiger partial charge is 0.311 e. The van der Waals surface area contributed by atoms with Crippen LogP contribution in [0, 0.1) is 12.8 Å². The number of hydrogen-bond acceptors (Lipinski definition) is 12. The number of piperidine rings is 1. The predicted molar refractivity (Wildman–Crippen MR) is 234 cm³/mol. The molecule has 16 nitrogen and oxygen atoms in total. The molecule has 6 aliphatic rings. The number of rotatable bonds is 9. The van der Waals surface area contributed by atoms with Crippen molar-refractivity contribution in [3.8, 4) is 22.2 Å². The maximum Gasteiger partial charge on any atom is 0.311 e. The molecule has 2 aromatic heterocycles. The summed E-state index contributed by atoms with van der Waals surface area (Å²) in [6.07, 6.45) is 11.9. The van der Waals surface area contributed by atoms with E-state index in [4.69, 9.17) is 19.4 Å². The van der Waals surface area contributed by atoms with Gasteiger partial charge in [0.15, 0.2) is 0 Å². The minimum absolute atomic E-state index is 0.0148. The fourth-order valence-electron chi connectivity index (χ4n) is 9.27. The molecule has 1 aromatic carbocycles. The maximum absolute atomic E-state index is 14.9. The molecule has 5 fully saturated rings. The molecule has 0 spiro atoms. The van der Waals surface area contributed by atoms with Crippen LogP contribution in [0.3, 0.4) is 0 Å². The lowest BCUT2D eigenvalue weighted by molar-refractivity contribution is -0.149. The highest BCUT2D eigenvalue weighted by Crippen LogP contribution is 2.47. The van der Waals surface area contributed by atoms with Gasteiger partial charge in [0.1, 0.15) is 45.9 Å². The molecule has 3 saturated carbocycles. The van der Waals surface area contributed by atoms with Crippen LogP contribution >= 0.6 is 11.3 Å². The number of fused-ring (bicyclic) bond motifs is 3. The summed E-state index contributed by atoms with van der Waals surface area (Å²) < 4.78 is 40.7. The van der Waals surface area contributed by atoms with Crippen molar-refractivity contribution in [1.82, 2.24) is 35.1 Å². The van der Waals surface area contributed by atoms with Gasteiger partial charge in [0.2, 0.25) is 21.8 Å². The molecule has 0 radical (unpaired) electrons. The van der Waals surface area contributed by atoms with Crippen LogP contribution in [-0.4, -0.2) is 113 Å². The number of carbonyl (C=O) groups is 5. The Bertz CT molecular complexity index is 2460. The number of methoxy groups -OCH3 is 1. The number of thiazole rings is 1. The Morgan fingerprint density at radius 2 is 1.75 bits per heavy atom. The van der Waals surface area contributed by atoms with Crippen LogP contribution in [0.5, 0.6) is 11.5 Å². The van der Waals surface area contributed by atoms with Crippen LogP contribution in [0.15, 0.2) is 35.7 Å². The third-order valence-electron chi connectivity index (χ3n) is 13.4. The maximum atomic E-state index is 14.9. The zero-order chi connectivity index (χ0) is 44.0. The van der Waals surface area contributed by atoms with Crippen molar-refractivity contribution in [3.05, 3.63) is 47.0 Å². The number of pyridine rings is 1. The zero-order valence-corrected chi connectivity index (χ0v) is 37.4. The highest BCUT2D eigenvalue weighted by atomic mass is 32.2. The van der Waals surface area contributed by atoms with Gasteiger partial charge in [-0.15, -0.1) is 11.3 Å². The molecule has 3 aliphatic heterocycles. The second kappa shape index (κ2) is 17.5. The Kier molecular flexibility index (Phi) is 12.0.